The Morgan fingerprint density at radius 2 is 1.88 bits per heavy atom. The van der Waals surface area contributed by atoms with Crippen LogP contribution in [-0.2, 0) is 30.3 Å². The van der Waals surface area contributed by atoms with Crippen LogP contribution in [0.5, 0.6) is 0 Å². The first kappa shape index (κ1) is 30.5. The van der Waals surface area contributed by atoms with Crippen LogP contribution < -0.4 is 22.5 Å². The maximum atomic E-state index is 12.1. The monoisotopic (exact) mass is 637 g/mol. The molecule has 230 valence electrons. The van der Waals surface area contributed by atoms with Gasteiger partial charge in [0.05, 0.1) is 12.9 Å². The largest absolute Gasteiger partial charge is 0.393 e. The number of nitrogen functional groups attached to an aromatic ring is 1. The number of aromatic nitrogens is 6. The summed E-state index contributed by atoms with van der Waals surface area (Å²) in [4.78, 5) is 58.1. The van der Waals surface area contributed by atoms with Crippen LogP contribution in [0.3, 0.4) is 0 Å². The fraction of sp³-hybridized carbons (Fsp3) is 0.526. The zero-order valence-corrected chi connectivity index (χ0v) is 22.5. The molecule has 21 nitrogen and oxygen atoms in total. The van der Waals surface area contributed by atoms with Crippen LogP contribution in [-0.4, -0.2) is 114 Å². The van der Waals surface area contributed by atoms with Crippen molar-refractivity contribution in [3.05, 3.63) is 49.8 Å². The highest BCUT2D eigenvalue weighted by atomic mass is 32.5. The van der Waals surface area contributed by atoms with Gasteiger partial charge < -0.3 is 50.7 Å². The topological polar surface area (TPSA) is 323 Å². The highest BCUT2D eigenvalue weighted by Gasteiger charge is 2.60. The molecule has 0 spiro atoms. The molecular weight excluding hydrogens is 613 g/mol. The number of imidazole rings is 1. The third-order valence-corrected chi connectivity index (χ3v) is 8.02. The van der Waals surface area contributed by atoms with E-state index in [1.54, 1.807) is 0 Å². The molecular formula is C19H24N7O14PS. The molecule has 0 bridgehead atoms. The van der Waals surface area contributed by atoms with Gasteiger partial charge in [-0.3, -0.25) is 37.7 Å². The Labute approximate surface area is 236 Å². The van der Waals surface area contributed by atoms with E-state index in [2.05, 4.69) is 15.0 Å². The molecule has 3 aromatic rings. The lowest BCUT2D eigenvalue weighted by molar-refractivity contribution is -0.229. The summed E-state index contributed by atoms with van der Waals surface area (Å²) in [6.07, 6.45) is -13.3. The standard InChI is InChI=1S/C19H24N7O14PS/c20-17-23-12-7(13(32)24-17)21-4-26(12)15-11(31)19(35,5(3-27)37-15)40-41(36,42)39-16(33)10-8(29)9(30)14(38-10)25-2-1-6(28)22-18(25)34/h1-2,4-5,8-11,14-16,27,29-31,33,35H,3H2,(H,36,42)(H,22,28,34)(H3,20,23,24,32)/t5-,8?,9?,10-,11?,14+,15-,16?,19?,41?/m1/s1. The Hall–Kier alpha value is -2.96. The van der Waals surface area contributed by atoms with Crippen LogP contribution in [0.25, 0.3) is 11.2 Å². The van der Waals surface area contributed by atoms with Crippen molar-refractivity contribution in [1.82, 2.24) is 29.1 Å². The third kappa shape index (κ3) is 5.22. The molecule has 42 heavy (non-hydrogen) atoms. The van der Waals surface area contributed by atoms with E-state index in [9.17, 15) is 49.9 Å². The molecule has 0 aliphatic carbocycles. The van der Waals surface area contributed by atoms with Gasteiger partial charge in [-0.2, -0.15) is 4.98 Å². The molecule has 0 saturated carbocycles. The van der Waals surface area contributed by atoms with Crippen molar-refractivity contribution in [2.45, 2.75) is 55.1 Å². The van der Waals surface area contributed by atoms with Gasteiger partial charge >= 0.3 is 12.4 Å². The first-order chi connectivity index (χ1) is 19.7. The van der Waals surface area contributed by atoms with Gasteiger partial charge in [0.1, 0.15) is 24.4 Å². The fourth-order valence-corrected chi connectivity index (χ4v) is 6.20. The first-order valence-corrected chi connectivity index (χ1v) is 14.4. The zero-order chi connectivity index (χ0) is 30.7. The van der Waals surface area contributed by atoms with Crippen molar-refractivity contribution in [3.8, 4) is 0 Å². The van der Waals surface area contributed by atoms with Gasteiger partial charge in [-0.25, -0.2) is 9.78 Å². The molecule has 2 aliphatic heterocycles. The average molecular weight is 637 g/mol. The predicted molar refractivity (Wildman–Crippen MR) is 136 cm³/mol. The van der Waals surface area contributed by atoms with Crippen molar-refractivity contribution >= 4 is 35.6 Å². The summed E-state index contributed by atoms with van der Waals surface area (Å²) in [6, 6.07) is 0.932. The lowest BCUT2D eigenvalue weighted by atomic mass is 10.1. The summed E-state index contributed by atoms with van der Waals surface area (Å²) in [7, 11) is 0. The van der Waals surface area contributed by atoms with E-state index in [4.69, 9.17) is 36.1 Å². The van der Waals surface area contributed by atoms with Gasteiger partial charge in [-0.15, -0.1) is 0 Å². The van der Waals surface area contributed by atoms with Gasteiger partial charge in [0, 0.05) is 12.3 Å². The molecule has 6 unspecified atom stereocenters. The Balaban J connectivity index is 1.35. The highest BCUT2D eigenvalue weighted by molar-refractivity contribution is 8.07. The minimum Gasteiger partial charge on any atom is -0.393 e. The molecule has 2 fully saturated rings. The van der Waals surface area contributed by atoms with Gasteiger partial charge in [0.15, 0.2) is 36.0 Å². The number of H-pyrrole nitrogens is 2. The maximum absolute atomic E-state index is 12.1. The lowest BCUT2D eigenvalue weighted by Crippen LogP contribution is -2.51. The number of aliphatic hydroxyl groups is 6. The minimum absolute atomic E-state index is 0.182. The van der Waals surface area contributed by atoms with Crippen LogP contribution in [0.4, 0.5) is 5.95 Å². The van der Waals surface area contributed by atoms with Crippen LogP contribution in [0.1, 0.15) is 12.5 Å². The van der Waals surface area contributed by atoms with Gasteiger partial charge in [0.2, 0.25) is 11.7 Å². The molecule has 2 saturated heterocycles. The second-order valence-corrected chi connectivity index (χ2v) is 11.9. The number of fused-ring (bicyclic) bond motifs is 1. The summed E-state index contributed by atoms with van der Waals surface area (Å²) in [5.41, 5.74) is 2.68. The molecule has 23 heteroatoms. The molecule has 3 aromatic heterocycles. The van der Waals surface area contributed by atoms with E-state index in [0.29, 0.717) is 4.57 Å². The highest BCUT2D eigenvalue weighted by Crippen LogP contribution is 2.54. The SMILES string of the molecule is Nc1nc2c(ncn2[C@@H]2O[C@H](CO)C(O)(OP(O)(=S)OC(O)[C@@H]3O[C@H](n4ccc(=O)[nH]c4=O)C(O)C3O)C2O)c(=O)[nH]1. The van der Waals surface area contributed by atoms with Gasteiger partial charge in [-0.05, 0) is 11.8 Å². The summed E-state index contributed by atoms with van der Waals surface area (Å²) in [5.74, 6) is -3.32. The van der Waals surface area contributed by atoms with Crippen LogP contribution in [0, 0.1) is 0 Å². The number of nitrogens with two attached hydrogens (primary N) is 1. The fourth-order valence-electron chi connectivity index (χ4n) is 4.55. The van der Waals surface area contributed by atoms with Crippen molar-refractivity contribution < 1.29 is 54.1 Å². The molecule has 11 N–H and O–H groups in total. The quantitative estimate of drug-likeness (QED) is 0.0812. The number of anilines is 1. The minimum atomic E-state index is -4.85. The smallest absolute Gasteiger partial charge is 0.330 e. The summed E-state index contributed by atoms with van der Waals surface area (Å²) in [5, 5.41) is 63.2. The van der Waals surface area contributed by atoms with Crippen molar-refractivity contribution in [2.24, 2.45) is 0 Å². The van der Waals surface area contributed by atoms with Gasteiger partial charge in [-0.1, -0.05) is 0 Å². The number of ether oxygens (including phenoxy) is 2. The van der Waals surface area contributed by atoms with Crippen LogP contribution >= 0.6 is 6.72 Å². The molecule has 0 aromatic carbocycles. The number of aliphatic hydroxyl groups excluding tert-OH is 5. The lowest BCUT2D eigenvalue weighted by Gasteiger charge is -2.34. The number of aromatic amines is 2. The van der Waals surface area contributed by atoms with Crippen molar-refractivity contribution in [2.75, 3.05) is 12.3 Å². The van der Waals surface area contributed by atoms with E-state index >= 15 is 0 Å². The van der Waals surface area contributed by atoms with Crippen LogP contribution in [0.15, 0.2) is 33.0 Å². The third-order valence-electron chi connectivity index (χ3n) is 6.53. The number of nitrogens with one attached hydrogen (secondary N) is 2. The number of hydrogen-bond donors (Lipinski definition) is 10. The Morgan fingerprint density at radius 1 is 1.17 bits per heavy atom. The molecule has 5 rings (SSSR count). The number of hydrogen-bond acceptors (Lipinski definition) is 17. The molecule has 0 amide bonds. The van der Waals surface area contributed by atoms with Crippen LogP contribution in [0.2, 0.25) is 0 Å². The molecule has 2 aliphatic rings. The maximum Gasteiger partial charge on any atom is 0.330 e. The Bertz CT molecular complexity index is 1710. The van der Waals surface area contributed by atoms with Crippen molar-refractivity contribution in [1.29, 1.82) is 0 Å². The summed E-state index contributed by atoms with van der Waals surface area (Å²) >= 11 is 4.86. The Kier molecular flexibility index (Phi) is 7.95. The second-order valence-electron chi connectivity index (χ2n) is 9.22. The van der Waals surface area contributed by atoms with Crippen molar-refractivity contribution in [3.63, 3.8) is 0 Å². The van der Waals surface area contributed by atoms with E-state index in [1.165, 1.54) is 0 Å². The normalized spacial score (nSPS) is 33.6. The molecule has 0 radical (unpaired) electrons. The molecule has 10 atom stereocenters. The summed E-state index contributed by atoms with van der Waals surface area (Å²) in [6.45, 7) is -5.86. The second kappa shape index (κ2) is 10.9. The predicted octanol–water partition coefficient (Wildman–Crippen LogP) is -5.62. The first-order valence-electron chi connectivity index (χ1n) is 11.8. The van der Waals surface area contributed by atoms with E-state index in [-0.39, 0.29) is 17.1 Å². The number of rotatable bonds is 8. The molecule has 5 heterocycles. The van der Waals surface area contributed by atoms with E-state index in [0.717, 1.165) is 23.2 Å². The van der Waals surface area contributed by atoms with E-state index in [1.807, 2.05) is 4.98 Å². The summed E-state index contributed by atoms with van der Waals surface area (Å²) < 4.78 is 22.6. The van der Waals surface area contributed by atoms with Gasteiger partial charge in [0.25, 0.3) is 11.1 Å². The number of nitrogens with zero attached hydrogens (tertiary/aromatic N) is 4. The van der Waals surface area contributed by atoms with E-state index < -0.39 is 85.2 Å². The zero-order valence-electron chi connectivity index (χ0n) is 20.8. The Morgan fingerprint density at radius 3 is 2.55 bits per heavy atom. The average Bonchev–Trinajstić information content (AvgIpc) is 3.52.